The van der Waals surface area contributed by atoms with Crippen molar-refractivity contribution in [1.29, 1.82) is 0 Å². The van der Waals surface area contributed by atoms with E-state index < -0.39 is 0 Å². The lowest BCUT2D eigenvalue weighted by atomic mass is 10.2. The molecule has 0 amide bonds. The Kier molecular flexibility index (Phi) is 7.11. The third-order valence-corrected chi connectivity index (χ3v) is 4.54. The zero-order valence-electron chi connectivity index (χ0n) is 12.5. The van der Waals surface area contributed by atoms with E-state index in [2.05, 4.69) is 42.6 Å². The second-order valence-electron chi connectivity index (χ2n) is 4.83. The lowest BCUT2D eigenvalue weighted by molar-refractivity contribution is 0.324. The molecule has 0 aliphatic rings. The molecule has 1 aromatic rings. The molecule has 1 aromatic heterocycles. The van der Waals surface area contributed by atoms with Crippen LogP contribution >= 0.6 is 23.4 Å². The smallest absolute Gasteiger partial charge is 0.136 e. The summed E-state index contributed by atoms with van der Waals surface area (Å²) in [5.74, 6) is 2.18. The molecule has 0 atom stereocenters. The number of hydrogen-bond donors (Lipinski definition) is 0. The molecule has 1 rings (SSSR count). The largest absolute Gasteiger partial charge is 0.303 e. The third-order valence-electron chi connectivity index (χ3n) is 3.12. The average Bonchev–Trinajstić information content (AvgIpc) is 2.39. The number of halogens is 1. The molecule has 0 bridgehead atoms. The minimum absolute atomic E-state index is 0.306. The van der Waals surface area contributed by atoms with Crippen molar-refractivity contribution in [3.05, 3.63) is 16.5 Å². The Morgan fingerprint density at radius 1 is 1.21 bits per heavy atom. The molecule has 0 aromatic carbocycles. The summed E-state index contributed by atoms with van der Waals surface area (Å²) >= 11 is 7.96. The predicted molar refractivity (Wildman–Crippen MR) is 84.4 cm³/mol. The first-order chi connectivity index (χ1) is 8.99. The second-order valence-corrected chi connectivity index (χ2v) is 6.27. The van der Waals surface area contributed by atoms with E-state index in [9.17, 15) is 0 Å². The van der Waals surface area contributed by atoms with Gasteiger partial charge in [-0.15, -0.1) is 11.8 Å². The normalized spacial score (nSPS) is 11.6. The van der Waals surface area contributed by atoms with E-state index in [0.29, 0.717) is 11.1 Å². The molecular formula is C14H24ClN3S. The van der Waals surface area contributed by atoms with E-state index in [1.807, 2.05) is 6.92 Å². The summed E-state index contributed by atoms with van der Waals surface area (Å²) in [7, 11) is 0. The van der Waals surface area contributed by atoms with Gasteiger partial charge in [0.15, 0.2) is 0 Å². The number of aromatic nitrogens is 2. The molecule has 0 radical (unpaired) electrons. The van der Waals surface area contributed by atoms with Crippen molar-refractivity contribution in [3.8, 4) is 0 Å². The van der Waals surface area contributed by atoms with Crippen LogP contribution in [0.2, 0.25) is 5.15 Å². The Bertz CT molecular complexity index is 406. The Morgan fingerprint density at radius 3 is 2.37 bits per heavy atom. The van der Waals surface area contributed by atoms with Gasteiger partial charge in [0.1, 0.15) is 16.0 Å². The van der Waals surface area contributed by atoms with E-state index in [4.69, 9.17) is 11.6 Å². The van der Waals surface area contributed by atoms with Crippen LogP contribution in [0.25, 0.3) is 0 Å². The fourth-order valence-corrected chi connectivity index (χ4v) is 2.94. The van der Waals surface area contributed by atoms with Crippen molar-refractivity contribution in [1.82, 2.24) is 14.9 Å². The molecule has 0 saturated heterocycles. The van der Waals surface area contributed by atoms with E-state index in [1.54, 1.807) is 11.8 Å². The predicted octanol–water partition coefficient (Wildman–Crippen LogP) is 4.00. The van der Waals surface area contributed by atoms with Crippen molar-refractivity contribution in [3.63, 3.8) is 0 Å². The highest BCUT2D eigenvalue weighted by Crippen LogP contribution is 2.26. The minimum atomic E-state index is 0.306. The van der Waals surface area contributed by atoms with Crippen LogP contribution in [-0.4, -0.2) is 40.3 Å². The highest BCUT2D eigenvalue weighted by molar-refractivity contribution is 7.99. The summed E-state index contributed by atoms with van der Waals surface area (Å²) in [5.41, 5.74) is 0.996. The molecule has 5 heteroatoms. The molecule has 0 aliphatic heterocycles. The van der Waals surface area contributed by atoms with Crippen LogP contribution in [-0.2, 0) is 0 Å². The van der Waals surface area contributed by atoms with Gasteiger partial charge in [-0.3, -0.25) is 0 Å². The van der Waals surface area contributed by atoms with E-state index in [1.165, 1.54) is 0 Å². The Hall–Kier alpha value is -0.320. The van der Waals surface area contributed by atoms with Gasteiger partial charge in [-0.2, -0.15) is 0 Å². The van der Waals surface area contributed by atoms with Crippen LogP contribution in [0.1, 0.15) is 45.0 Å². The first kappa shape index (κ1) is 16.7. The quantitative estimate of drug-likeness (QED) is 0.562. The molecule has 0 fully saturated rings. The van der Waals surface area contributed by atoms with Gasteiger partial charge in [-0.25, -0.2) is 9.97 Å². The summed E-state index contributed by atoms with van der Waals surface area (Å²) in [5, 5.41) is 1.61. The molecule has 19 heavy (non-hydrogen) atoms. The fourth-order valence-electron chi connectivity index (χ4n) is 1.70. The molecule has 0 aliphatic carbocycles. The molecule has 0 N–H and O–H groups in total. The van der Waals surface area contributed by atoms with Crippen LogP contribution in [0.4, 0.5) is 0 Å². The Morgan fingerprint density at radius 2 is 1.84 bits per heavy atom. The van der Waals surface area contributed by atoms with Crippen LogP contribution in [0.5, 0.6) is 0 Å². The lowest BCUT2D eigenvalue weighted by Gasteiger charge is -2.17. The number of rotatable bonds is 7. The molecule has 3 nitrogen and oxygen atoms in total. The van der Waals surface area contributed by atoms with Gasteiger partial charge < -0.3 is 4.90 Å². The van der Waals surface area contributed by atoms with Crippen LogP contribution in [0, 0.1) is 6.92 Å². The lowest BCUT2D eigenvalue weighted by Crippen LogP contribution is -2.25. The highest BCUT2D eigenvalue weighted by atomic mass is 35.5. The maximum absolute atomic E-state index is 6.18. The summed E-state index contributed by atoms with van der Waals surface area (Å²) in [6, 6.07) is 0. The van der Waals surface area contributed by atoms with Gasteiger partial charge in [0.05, 0.1) is 0 Å². The molecule has 108 valence electrons. The molecule has 0 spiro atoms. The minimum Gasteiger partial charge on any atom is -0.303 e. The van der Waals surface area contributed by atoms with E-state index >= 15 is 0 Å². The van der Waals surface area contributed by atoms with Gasteiger partial charge in [0.25, 0.3) is 0 Å². The highest BCUT2D eigenvalue weighted by Gasteiger charge is 2.12. The van der Waals surface area contributed by atoms with Gasteiger partial charge in [-0.1, -0.05) is 39.3 Å². The van der Waals surface area contributed by atoms with Crippen molar-refractivity contribution in [2.24, 2.45) is 0 Å². The second kappa shape index (κ2) is 8.08. The number of hydrogen-bond acceptors (Lipinski definition) is 4. The number of nitrogens with zero attached hydrogens (tertiary/aromatic N) is 3. The van der Waals surface area contributed by atoms with Crippen molar-refractivity contribution in [2.45, 2.75) is 45.6 Å². The number of thioether (sulfide) groups is 1. The summed E-state index contributed by atoms with van der Waals surface area (Å²) in [4.78, 5) is 11.4. The van der Waals surface area contributed by atoms with Crippen LogP contribution in [0.15, 0.2) is 5.03 Å². The van der Waals surface area contributed by atoms with E-state index in [0.717, 1.165) is 41.8 Å². The van der Waals surface area contributed by atoms with Gasteiger partial charge in [-0.05, 0) is 20.0 Å². The first-order valence-electron chi connectivity index (χ1n) is 6.88. The summed E-state index contributed by atoms with van der Waals surface area (Å²) in [6.45, 7) is 13.8. The van der Waals surface area contributed by atoms with Gasteiger partial charge in [0.2, 0.25) is 0 Å². The van der Waals surface area contributed by atoms with Gasteiger partial charge in [0, 0.05) is 23.8 Å². The Labute approximate surface area is 126 Å². The van der Waals surface area contributed by atoms with Crippen molar-refractivity contribution in [2.75, 3.05) is 25.4 Å². The Balaban J connectivity index is 2.72. The maximum atomic E-state index is 6.18. The van der Waals surface area contributed by atoms with E-state index in [-0.39, 0.29) is 0 Å². The average molecular weight is 302 g/mol. The van der Waals surface area contributed by atoms with Crippen molar-refractivity contribution >= 4 is 23.4 Å². The molecule has 0 saturated carbocycles. The molecular weight excluding hydrogens is 278 g/mol. The monoisotopic (exact) mass is 301 g/mol. The molecule has 0 unspecified atom stereocenters. The topological polar surface area (TPSA) is 29.0 Å². The first-order valence-corrected chi connectivity index (χ1v) is 8.25. The maximum Gasteiger partial charge on any atom is 0.136 e. The van der Waals surface area contributed by atoms with Crippen molar-refractivity contribution < 1.29 is 0 Å². The SMILES string of the molecule is CCN(CC)CCSc1nc(C(C)C)nc(Cl)c1C. The zero-order chi connectivity index (χ0) is 14.4. The van der Waals surface area contributed by atoms with Crippen LogP contribution in [0.3, 0.4) is 0 Å². The van der Waals surface area contributed by atoms with Crippen LogP contribution < -0.4 is 0 Å². The summed E-state index contributed by atoms with van der Waals surface area (Å²) < 4.78 is 0. The van der Waals surface area contributed by atoms with Gasteiger partial charge >= 0.3 is 0 Å². The fraction of sp³-hybridized carbons (Fsp3) is 0.714. The zero-order valence-corrected chi connectivity index (χ0v) is 14.1. The standard InChI is InChI=1S/C14H24ClN3S/c1-6-18(7-2)8-9-19-14-11(5)12(15)16-13(17-14)10(3)4/h10H,6-9H2,1-5H3. The summed E-state index contributed by atoms with van der Waals surface area (Å²) in [6.07, 6.45) is 0. The third kappa shape index (κ3) is 4.93. The molecule has 1 heterocycles.